The number of nitrogens with zero attached hydrogens (tertiary/aromatic N) is 14. The molecule has 5 aromatic carbocycles. The second-order valence-electron chi connectivity index (χ2n) is 37.8. The number of carbonyl (C=O) groups is 8. The molecule has 5 fully saturated rings. The van der Waals surface area contributed by atoms with Gasteiger partial charge in [0.2, 0.25) is 47.3 Å². The predicted octanol–water partition coefficient (Wildman–Crippen LogP) is 15.7. The van der Waals surface area contributed by atoms with Crippen LogP contribution >= 0.6 is 0 Å². The molecule has 37 nitrogen and oxygen atoms in total. The van der Waals surface area contributed by atoms with Gasteiger partial charge >= 0.3 is 0 Å². The Morgan fingerprint density at radius 1 is 0.354 bits per heavy atom. The zero-order valence-electron chi connectivity index (χ0n) is 82.1. The number of amides is 8. The van der Waals surface area contributed by atoms with Gasteiger partial charge in [0, 0.05) is 120 Å². The molecule has 8 amide bonds. The third-order valence-electron chi connectivity index (χ3n) is 26.6. The predicted molar refractivity (Wildman–Crippen MR) is 566 cm³/mol. The zero-order chi connectivity index (χ0) is 104. The normalized spacial score (nSPS) is 18.2. The van der Waals surface area contributed by atoms with Crippen molar-refractivity contribution in [3.8, 4) is 79.9 Å². The molecule has 37 heteroatoms. The van der Waals surface area contributed by atoms with Crippen LogP contribution in [0.1, 0.15) is 66.8 Å². The number of benzene rings is 5. The first kappa shape index (κ1) is 98.5. The summed E-state index contributed by atoms with van der Waals surface area (Å²) in [5.41, 5.74) is 46.4. The Labute approximate surface area is 844 Å². The van der Waals surface area contributed by atoms with Crippen LogP contribution in [0.2, 0.25) is 0 Å². The van der Waals surface area contributed by atoms with Crippen LogP contribution in [0.25, 0.3) is 110 Å². The van der Waals surface area contributed by atoms with E-state index in [1.54, 1.807) is 89.5 Å². The van der Waals surface area contributed by atoms with Crippen LogP contribution in [0.4, 0.5) is 69.6 Å². The van der Waals surface area contributed by atoms with Crippen LogP contribution in [0.3, 0.4) is 0 Å². The van der Waals surface area contributed by atoms with Gasteiger partial charge in [-0.25, -0.2) is 49.8 Å². The standard InChI is InChI=1S/2C22H18N6O2.3C22H23N5O2/c2*1-10-3-18-19(30-11(2)26-18)7-14(10)17-5-12-6-20(25-9-16(12)21(24)27-17)28-22(29)15-4-13(15)8-23;2*1-12-6-4-5-7-14(12)18-8-13-9-19(24-11-17(13)20(23)25-18)26-21(28)15-10-16(15)22(29)27(2)3;1-3-24-21(28)15-10-16(15)22(29)27-19-9-13-8-18(14-7-5-4-6-12(14)2)26-20(23)17(13)11-25-19/h2*3,5-7,9,13,15,26H,2,4H2,1H3,(H2,24,27)(H,25,28,29);2*4-9,11,15-16H,10H2,1-3H3,(H2,23,25)(H,24,26,28);4-9,11,15-16H,3,10H2,1-2H3,(H2,23,26)(H,24,28)(H,25,27,29)/t2*13-,15?;3*15-,16+/m10100/s1. The number of nitrogens with one attached hydrogen (secondary N) is 8. The van der Waals surface area contributed by atoms with Gasteiger partial charge < -0.3 is 90.5 Å². The molecule has 0 saturated heterocycles. The first-order chi connectivity index (χ1) is 70.5. The van der Waals surface area contributed by atoms with Crippen LogP contribution in [0, 0.1) is 116 Å². The Bertz CT molecular complexity index is 7740. The molecule has 147 heavy (non-hydrogen) atoms. The van der Waals surface area contributed by atoms with E-state index in [2.05, 4.69) is 118 Å². The second-order valence-corrected chi connectivity index (χ2v) is 37.8. The molecule has 2 unspecified atom stereocenters. The van der Waals surface area contributed by atoms with Crippen LogP contribution in [-0.4, -0.2) is 142 Å². The van der Waals surface area contributed by atoms with E-state index in [9.17, 15) is 38.4 Å². The van der Waals surface area contributed by atoms with Gasteiger partial charge in [0.05, 0.1) is 111 Å². The Morgan fingerprint density at radius 3 is 0.878 bits per heavy atom. The molecule has 740 valence electrons. The van der Waals surface area contributed by atoms with E-state index in [1.807, 2.05) is 169 Å². The average Bonchev–Trinajstić information content (AvgIpc) is 1.50. The molecule has 2 aliphatic heterocycles. The Morgan fingerprint density at radius 2 is 0.612 bits per heavy atom. The number of ether oxygens (including phenoxy) is 2. The Kier molecular flexibility index (Phi) is 27.3. The highest BCUT2D eigenvalue weighted by Crippen LogP contribution is 2.48. The Hall–Kier alpha value is -18.7. The van der Waals surface area contributed by atoms with Gasteiger partial charge in [0.15, 0.2) is 23.3 Å². The molecule has 12 heterocycles. The van der Waals surface area contributed by atoms with Gasteiger partial charge in [-0.3, -0.25) is 38.4 Å². The lowest BCUT2D eigenvalue weighted by Gasteiger charge is -2.11. The highest BCUT2D eigenvalue weighted by molar-refractivity contribution is 6.07. The minimum absolute atomic E-state index is 0.0154. The number of hydrogen-bond donors (Lipinski definition) is 13. The molecule has 7 aliphatic rings. The molecular formula is C110H105N27O10. The number of nitriles is 2. The molecule has 18 N–H and O–H groups in total. The van der Waals surface area contributed by atoms with Crippen molar-refractivity contribution >= 4 is 171 Å². The second kappa shape index (κ2) is 40.7. The van der Waals surface area contributed by atoms with E-state index in [-0.39, 0.29) is 106 Å². The number of anilines is 12. The van der Waals surface area contributed by atoms with Crippen molar-refractivity contribution in [2.45, 2.75) is 73.6 Å². The average molecular weight is 1970 g/mol. The Balaban J connectivity index is 0.000000120. The largest absolute Gasteiger partial charge is 0.439 e. The molecule has 5 saturated carbocycles. The van der Waals surface area contributed by atoms with Gasteiger partial charge in [-0.1, -0.05) is 72.8 Å². The van der Waals surface area contributed by atoms with Crippen molar-refractivity contribution in [2.24, 2.45) is 59.2 Å². The molecule has 0 spiro atoms. The molecule has 15 aromatic rings. The fourth-order valence-electron chi connectivity index (χ4n) is 18.0. The third-order valence-corrected chi connectivity index (χ3v) is 26.6. The lowest BCUT2D eigenvalue weighted by molar-refractivity contribution is -0.132. The number of aryl methyl sites for hydroxylation is 5. The quantitative estimate of drug-likeness (QED) is 0.0357. The lowest BCUT2D eigenvalue weighted by Crippen LogP contribution is -2.27. The number of rotatable bonds is 19. The maximum absolute atomic E-state index is 12.5. The number of nitrogen functional groups attached to an aromatic ring is 5. The van der Waals surface area contributed by atoms with Gasteiger partial charge in [0.1, 0.15) is 58.2 Å². The monoisotopic (exact) mass is 1960 g/mol. The summed E-state index contributed by atoms with van der Waals surface area (Å²) < 4.78 is 11.2. The van der Waals surface area contributed by atoms with Crippen LogP contribution in [-0.2, 0) is 38.4 Å². The van der Waals surface area contributed by atoms with Crippen molar-refractivity contribution in [1.29, 1.82) is 10.5 Å². The van der Waals surface area contributed by atoms with Gasteiger partial charge in [-0.15, -0.1) is 0 Å². The summed E-state index contributed by atoms with van der Waals surface area (Å²) >= 11 is 0. The summed E-state index contributed by atoms with van der Waals surface area (Å²) in [6.45, 7) is 20.0. The summed E-state index contributed by atoms with van der Waals surface area (Å²) in [4.78, 5) is 145. The van der Waals surface area contributed by atoms with Crippen LogP contribution < -0.4 is 80.7 Å². The summed E-state index contributed by atoms with van der Waals surface area (Å²) in [6, 6.07) is 54.4. The van der Waals surface area contributed by atoms with E-state index >= 15 is 0 Å². The topological polar surface area (TPSA) is 564 Å². The summed E-state index contributed by atoms with van der Waals surface area (Å²) in [5.74, 6) is 2.78. The van der Waals surface area contributed by atoms with Crippen LogP contribution in [0.15, 0.2) is 214 Å². The fourth-order valence-corrected chi connectivity index (χ4v) is 18.0. The molecular weight excluding hydrogens is 1860 g/mol. The number of carbonyl (C=O) groups excluding carboxylic acids is 8. The molecule has 5 aliphatic carbocycles. The highest BCUT2D eigenvalue weighted by Gasteiger charge is 2.51. The van der Waals surface area contributed by atoms with Gasteiger partial charge in [-0.2, -0.15) is 10.5 Å². The molecule has 22 rings (SSSR count). The molecule has 0 radical (unpaired) electrons. The lowest BCUT2D eigenvalue weighted by atomic mass is 10.0. The van der Waals surface area contributed by atoms with Crippen molar-refractivity contribution in [3.05, 3.63) is 241 Å². The summed E-state index contributed by atoms with van der Waals surface area (Å²) in [6.07, 6.45) is 10.9. The van der Waals surface area contributed by atoms with Crippen LogP contribution in [0.5, 0.6) is 11.5 Å². The SMILES string of the molecule is C=C1Nc2cc(C)c(-c3cc4cc(NC(=O)C5C[C@@H]5C#N)ncc4c(N)n3)cc2O1.C=C1Nc2cc(C)c(-c3cc4cc(NC(=O)C5C[C@H]5C#N)ncc4c(N)n3)cc2O1.CCNC(=O)[C@H]1C[C@H]1C(=O)Nc1cc2cc(-c3ccccc3C)nc(N)c2cn1.Cc1ccccc1-c1cc2cc(NC(=O)[C@@H]3C[C@@H]3C(=O)N(C)C)ncc2c(N)n1.Cc1ccccc1-c1cc2cc(NC(=O)[C@H]3C[C@H]3C(=O)N(C)C)ncc2c(N)n1. The minimum Gasteiger partial charge on any atom is -0.439 e. The number of hydrogen-bond acceptors (Lipinski definition) is 29. The fraction of sp³-hybridized carbons (Fsp3) is 0.236. The summed E-state index contributed by atoms with van der Waals surface area (Å²) in [5, 5.41) is 48.5. The van der Waals surface area contributed by atoms with Crippen molar-refractivity contribution in [2.75, 3.05) is 101 Å². The number of aromatic nitrogens is 10. The maximum Gasteiger partial charge on any atom is 0.230 e. The number of pyridine rings is 10. The van der Waals surface area contributed by atoms with Crippen molar-refractivity contribution in [3.63, 3.8) is 0 Å². The van der Waals surface area contributed by atoms with Gasteiger partial charge in [-0.05, 0) is 226 Å². The maximum atomic E-state index is 12.5. The van der Waals surface area contributed by atoms with Crippen molar-refractivity contribution in [1.82, 2.24) is 65.0 Å². The highest BCUT2D eigenvalue weighted by atomic mass is 16.5. The summed E-state index contributed by atoms with van der Waals surface area (Å²) in [7, 11) is 6.80. The van der Waals surface area contributed by atoms with E-state index in [0.717, 1.165) is 127 Å². The molecule has 0 bridgehead atoms. The van der Waals surface area contributed by atoms with Gasteiger partial charge in [0.25, 0.3) is 0 Å². The van der Waals surface area contributed by atoms with Crippen molar-refractivity contribution < 1.29 is 47.8 Å². The molecule has 10 atom stereocenters. The van der Waals surface area contributed by atoms with E-state index in [1.165, 1.54) is 9.80 Å². The third kappa shape index (κ3) is 21.6. The first-order valence-electron chi connectivity index (χ1n) is 47.6. The van der Waals surface area contributed by atoms with E-state index in [0.29, 0.717) is 142 Å². The number of fused-ring (bicyclic) bond motifs is 7. The number of nitrogens with two attached hydrogens (primary N) is 5. The first-order valence-corrected chi connectivity index (χ1v) is 47.6. The van der Waals surface area contributed by atoms with E-state index < -0.39 is 0 Å². The molecule has 10 aromatic heterocycles. The smallest absolute Gasteiger partial charge is 0.230 e. The van der Waals surface area contributed by atoms with E-state index in [4.69, 9.17) is 48.7 Å². The minimum atomic E-state index is -0.302. The zero-order valence-corrected chi connectivity index (χ0v) is 82.1.